The van der Waals surface area contributed by atoms with Crippen molar-refractivity contribution < 1.29 is 10.2 Å². The zero-order valence-electron chi connectivity index (χ0n) is 8.92. The van der Waals surface area contributed by atoms with Gasteiger partial charge < -0.3 is 10.2 Å². The molecular weight excluding hydrogens is 232 g/mol. The van der Waals surface area contributed by atoms with E-state index in [1.165, 1.54) is 30.0 Å². The van der Waals surface area contributed by atoms with Crippen LogP contribution in [0.5, 0.6) is 11.5 Å². The molecule has 0 saturated carbocycles. The average Bonchev–Trinajstić information content (AvgIpc) is 2.35. The second-order valence-electron chi connectivity index (χ2n) is 3.35. The van der Waals surface area contributed by atoms with Crippen LogP contribution in [-0.2, 0) is 0 Å². The summed E-state index contributed by atoms with van der Waals surface area (Å²) in [4.78, 5) is 0.549. The predicted octanol–water partition coefficient (Wildman–Crippen LogP) is 3.20. The molecule has 0 fully saturated rings. The normalized spacial score (nSPS) is 9.41. The lowest BCUT2D eigenvalue weighted by molar-refractivity contribution is 0.449. The number of aromatic hydroxyl groups is 2. The summed E-state index contributed by atoms with van der Waals surface area (Å²) in [7, 11) is 0. The second kappa shape index (κ2) is 5.33. The largest absolute Gasteiger partial charge is 0.508 e. The molecule has 3 heteroatoms. The highest BCUT2D eigenvalue weighted by molar-refractivity contribution is 8.04. The number of benzene rings is 2. The van der Waals surface area contributed by atoms with Gasteiger partial charge in [0, 0.05) is 5.56 Å². The summed E-state index contributed by atoms with van der Waals surface area (Å²) in [6.07, 6.45) is 0. The molecule has 0 atom stereocenters. The van der Waals surface area contributed by atoms with Crippen molar-refractivity contribution in [1.82, 2.24) is 0 Å². The van der Waals surface area contributed by atoms with Crippen LogP contribution in [0.4, 0.5) is 0 Å². The summed E-state index contributed by atoms with van der Waals surface area (Å²) in [5.74, 6) is 3.20. The third-order valence-corrected chi connectivity index (χ3v) is 2.82. The van der Waals surface area contributed by atoms with Gasteiger partial charge in [-0.05, 0) is 47.3 Å². The van der Waals surface area contributed by atoms with Gasteiger partial charge in [-0.3, -0.25) is 0 Å². The number of phenols is 2. The second-order valence-corrected chi connectivity index (χ2v) is 4.20. The van der Waals surface area contributed by atoms with Crippen molar-refractivity contribution in [1.29, 1.82) is 0 Å². The Labute approximate surface area is 104 Å². The Morgan fingerprint density at radius 1 is 0.941 bits per heavy atom. The minimum Gasteiger partial charge on any atom is -0.508 e. The van der Waals surface area contributed by atoms with E-state index < -0.39 is 0 Å². The van der Waals surface area contributed by atoms with Crippen LogP contribution in [0.25, 0.3) is 0 Å². The van der Waals surface area contributed by atoms with Crippen LogP contribution in [-0.4, -0.2) is 10.2 Å². The molecule has 2 nitrogen and oxygen atoms in total. The Morgan fingerprint density at radius 3 is 2.47 bits per heavy atom. The lowest BCUT2D eigenvalue weighted by Gasteiger charge is -1.99. The van der Waals surface area contributed by atoms with Gasteiger partial charge in [-0.1, -0.05) is 24.1 Å². The molecule has 17 heavy (non-hydrogen) atoms. The van der Waals surface area contributed by atoms with Crippen LogP contribution >= 0.6 is 11.8 Å². The Bertz CT molecular complexity index is 568. The van der Waals surface area contributed by atoms with Gasteiger partial charge in [0.1, 0.15) is 11.5 Å². The highest BCUT2D eigenvalue weighted by Crippen LogP contribution is 2.30. The summed E-state index contributed by atoms with van der Waals surface area (Å²) in [6, 6.07) is 14.0. The fourth-order valence-electron chi connectivity index (χ4n) is 1.25. The summed E-state index contributed by atoms with van der Waals surface area (Å²) in [5.41, 5.74) is 0.916. The third kappa shape index (κ3) is 3.20. The van der Waals surface area contributed by atoms with Crippen LogP contribution in [0.2, 0.25) is 0 Å². The van der Waals surface area contributed by atoms with Crippen molar-refractivity contribution in [3.8, 4) is 22.7 Å². The van der Waals surface area contributed by atoms with Crippen molar-refractivity contribution in [3.05, 3.63) is 54.1 Å². The van der Waals surface area contributed by atoms with Gasteiger partial charge in [-0.15, -0.1) is 0 Å². The fraction of sp³-hybridized carbons (Fsp3) is 0. The lowest BCUT2D eigenvalue weighted by atomic mass is 10.2. The molecule has 0 spiro atoms. The van der Waals surface area contributed by atoms with Gasteiger partial charge in [-0.25, -0.2) is 0 Å². The maximum Gasteiger partial charge on any atom is 0.130 e. The molecular formula is C14H10O2S. The first kappa shape index (κ1) is 11.4. The zero-order chi connectivity index (χ0) is 12.1. The van der Waals surface area contributed by atoms with E-state index in [0.717, 1.165) is 5.56 Å². The first-order chi connectivity index (χ1) is 8.25. The molecule has 84 valence electrons. The monoisotopic (exact) mass is 242 g/mol. The molecule has 0 unspecified atom stereocenters. The third-order valence-electron chi connectivity index (χ3n) is 2.07. The molecule has 2 rings (SSSR count). The quantitative estimate of drug-likeness (QED) is 0.458. The summed E-state index contributed by atoms with van der Waals surface area (Å²) in [6.45, 7) is 0. The molecule has 2 aromatic carbocycles. The number of rotatable bonds is 1. The maximum absolute atomic E-state index is 9.53. The molecule has 0 heterocycles. The van der Waals surface area contributed by atoms with Crippen LogP contribution in [0.3, 0.4) is 0 Å². The van der Waals surface area contributed by atoms with Crippen LogP contribution in [0.15, 0.2) is 53.4 Å². The van der Waals surface area contributed by atoms with Crippen LogP contribution < -0.4 is 0 Å². The average molecular weight is 242 g/mol. The van der Waals surface area contributed by atoms with E-state index in [0.29, 0.717) is 4.90 Å². The SMILES string of the molecule is Oc1ccc(O)c(SC#Cc2ccccc2)c1. The van der Waals surface area contributed by atoms with Crippen molar-refractivity contribution in [2.45, 2.75) is 4.90 Å². The first-order valence-electron chi connectivity index (χ1n) is 5.00. The Balaban J connectivity index is 2.13. The Morgan fingerprint density at radius 2 is 1.71 bits per heavy atom. The van der Waals surface area contributed by atoms with Crippen molar-refractivity contribution in [3.63, 3.8) is 0 Å². The summed E-state index contributed by atoms with van der Waals surface area (Å²) in [5, 5.41) is 21.7. The maximum atomic E-state index is 9.53. The van der Waals surface area contributed by atoms with E-state index in [1.54, 1.807) is 0 Å². The molecule has 0 aliphatic rings. The highest BCUT2D eigenvalue weighted by Gasteiger charge is 2.00. The van der Waals surface area contributed by atoms with Gasteiger partial charge in [0.25, 0.3) is 0 Å². The minimum absolute atomic E-state index is 0.117. The van der Waals surface area contributed by atoms with Crippen molar-refractivity contribution in [2.75, 3.05) is 0 Å². The van der Waals surface area contributed by atoms with Gasteiger partial charge in [-0.2, -0.15) is 0 Å². The molecule has 0 saturated heterocycles. The van der Waals surface area contributed by atoms with E-state index in [4.69, 9.17) is 0 Å². The van der Waals surface area contributed by atoms with E-state index in [9.17, 15) is 10.2 Å². The molecule has 2 aromatic rings. The Kier molecular flexibility index (Phi) is 3.59. The fourth-order valence-corrected chi connectivity index (χ4v) is 1.88. The number of phenolic OH excluding ortho intramolecular Hbond substituents is 2. The molecule has 0 aliphatic heterocycles. The number of thioether (sulfide) groups is 1. The van der Waals surface area contributed by atoms with E-state index in [2.05, 4.69) is 11.2 Å². The summed E-state index contributed by atoms with van der Waals surface area (Å²) < 4.78 is 0. The van der Waals surface area contributed by atoms with Crippen LogP contribution in [0, 0.1) is 11.2 Å². The van der Waals surface area contributed by atoms with E-state index in [-0.39, 0.29) is 11.5 Å². The van der Waals surface area contributed by atoms with E-state index in [1.807, 2.05) is 30.3 Å². The Hall–Kier alpha value is -2.05. The molecule has 0 radical (unpaired) electrons. The molecule has 0 aliphatic carbocycles. The highest BCUT2D eigenvalue weighted by atomic mass is 32.2. The molecule has 0 aromatic heterocycles. The van der Waals surface area contributed by atoms with Gasteiger partial charge in [0.05, 0.1) is 4.90 Å². The number of hydrogen-bond acceptors (Lipinski definition) is 3. The molecule has 0 bridgehead atoms. The smallest absolute Gasteiger partial charge is 0.130 e. The van der Waals surface area contributed by atoms with Gasteiger partial charge in [0.15, 0.2) is 0 Å². The van der Waals surface area contributed by atoms with Gasteiger partial charge >= 0.3 is 0 Å². The lowest BCUT2D eigenvalue weighted by Crippen LogP contribution is -1.73. The van der Waals surface area contributed by atoms with Crippen LogP contribution in [0.1, 0.15) is 5.56 Å². The van der Waals surface area contributed by atoms with Crippen molar-refractivity contribution >= 4 is 11.8 Å². The molecule has 0 amide bonds. The molecule has 2 N–H and O–H groups in total. The topological polar surface area (TPSA) is 40.5 Å². The first-order valence-corrected chi connectivity index (χ1v) is 5.82. The van der Waals surface area contributed by atoms with E-state index >= 15 is 0 Å². The van der Waals surface area contributed by atoms with Crippen molar-refractivity contribution in [2.24, 2.45) is 0 Å². The zero-order valence-corrected chi connectivity index (χ0v) is 9.74. The number of hydrogen-bond donors (Lipinski definition) is 2. The summed E-state index contributed by atoms with van der Waals surface area (Å²) >= 11 is 1.18. The predicted molar refractivity (Wildman–Crippen MR) is 68.9 cm³/mol. The minimum atomic E-state index is 0.117. The van der Waals surface area contributed by atoms with Gasteiger partial charge in [0.2, 0.25) is 0 Å². The standard InChI is InChI=1S/C14H10O2S/c15-12-6-7-13(16)14(10-12)17-9-8-11-4-2-1-3-5-11/h1-7,10,15-16H.